The third kappa shape index (κ3) is 3.25. The molecule has 0 unspecified atom stereocenters. The first-order valence-electron chi connectivity index (χ1n) is 7.12. The van der Waals surface area contributed by atoms with Gasteiger partial charge in [-0.15, -0.1) is 0 Å². The van der Waals surface area contributed by atoms with Crippen LogP contribution in [-0.2, 0) is 6.54 Å². The van der Waals surface area contributed by atoms with Crippen LogP contribution in [0.3, 0.4) is 0 Å². The Morgan fingerprint density at radius 3 is 2.65 bits per heavy atom. The zero-order valence-corrected chi connectivity index (χ0v) is 12.7. The topological polar surface area (TPSA) is 99.9 Å². The maximum atomic E-state index is 10.6. The van der Waals surface area contributed by atoms with Crippen LogP contribution in [0.25, 0.3) is 11.4 Å². The number of imidazole rings is 1. The summed E-state index contributed by atoms with van der Waals surface area (Å²) in [4.78, 5) is 18.0. The van der Waals surface area contributed by atoms with E-state index < -0.39 is 4.92 Å². The van der Waals surface area contributed by atoms with Crippen molar-refractivity contribution in [1.29, 1.82) is 0 Å². The van der Waals surface area contributed by atoms with E-state index in [1.54, 1.807) is 0 Å². The van der Waals surface area contributed by atoms with Crippen molar-refractivity contribution < 1.29 is 9.45 Å². The van der Waals surface area contributed by atoms with Crippen molar-refractivity contribution in [3.8, 4) is 11.4 Å². The van der Waals surface area contributed by atoms with Crippen LogP contribution >= 0.6 is 0 Å². The lowest BCUT2D eigenvalue weighted by Gasteiger charge is -2.04. The fraction of sp³-hybridized carbons (Fsp3) is 0.267. The van der Waals surface area contributed by atoms with Crippen molar-refractivity contribution in [1.82, 2.24) is 19.7 Å². The summed E-state index contributed by atoms with van der Waals surface area (Å²) in [7, 11) is 0. The minimum absolute atomic E-state index is 0.214. The van der Waals surface area contributed by atoms with Crippen LogP contribution in [0.15, 0.2) is 41.3 Å². The van der Waals surface area contributed by atoms with Gasteiger partial charge in [-0.05, 0) is 21.4 Å². The van der Waals surface area contributed by atoms with Crippen molar-refractivity contribution in [3.05, 3.63) is 58.4 Å². The van der Waals surface area contributed by atoms with E-state index in [0.717, 1.165) is 5.56 Å². The predicted molar refractivity (Wildman–Crippen MR) is 81.8 cm³/mol. The normalized spacial score (nSPS) is 11.1. The van der Waals surface area contributed by atoms with Gasteiger partial charge in [-0.2, -0.15) is 4.98 Å². The van der Waals surface area contributed by atoms with Crippen molar-refractivity contribution >= 4 is 5.82 Å². The molecule has 0 saturated heterocycles. The number of nitro groups is 1. The molecule has 0 amide bonds. The minimum atomic E-state index is -0.550. The second-order valence-electron chi connectivity index (χ2n) is 5.45. The second kappa shape index (κ2) is 5.99. The standard InChI is InChI=1S/C15H15N5O3/c1-10(2)11-3-5-12(6-4-11)15-17-14(23-18-15)8-19-7-13(16-9-19)20(21)22/h3-7,9-10H,8H2,1-2H3. The maximum Gasteiger partial charge on any atom is 0.381 e. The quantitative estimate of drug-likeness (QED) is 0.530. The van der Waals surface area contributed by atoms with Crippen LogP contribution in [0.5, 0.6) is 0 Å². The zero-order valence-electron chi connectivity index (χ0n) is 12.7. The Hall–Kier alpha value is -3.03. The molecule has 0 aliphatic carbocycles. The number of hydrogen-bond acceptors (Lipinski definition) is 6. The first kappa shape index (κ1) is 14.9. The summed E-state index contributed by atoms with van der Waals surface area (Å²) in [5.41, 5.74) is 2.10. The Kier molecular flexibility index (Phi) is 3.88. The number of hydrogen-bond donors (Lipinski definition) is 0. The lowest BCUT2D eigenvalue weighted by atomic mass is 10.0. The van der Waals surface area contributed by atoms with E-state index in [0.29, 0.717) is 17.6 Å². The SMILES string of the molecule is CC(C)c1ccc(-c2noc(Cn3cnc([N+](=O)[O-])c3)n2)cc1. The van der Waals surface area contributed by atoms with Gasteiger partial charge in [0.2, 0.25) is 18.0 Å². The second-order valence-corrected chi connectivity index (χ2v) is 5.45. The third-order valence-corrected chi connectivity index (χ3v) is 3.43. The average molecular weight is 313 g/mol. The predicted octanol–water partition coefficient (Wildman–Crippen LogP) is 3.01. The van der Waals surface area contributed by atoms with E-state index in [9.17, 15) is 10.1 Å². The number of nitrogens with zero attached hydrogens (tertiary/aromatic N) is 5. The first-order valence-corrected chi connectivity index (χ1v) is 7.12. The highest BCUT2D eigenvalue weighted by Crippen LogP contribution is 2.20. The minimum Gasteiger partial charge on any atom is -0.358 e. The molecule has 0 N–H and O–H groups in total. The van der Waals surface area contributed by atoms with E-state index in [-0.39, 0.29) is 12.4 Å². The molecule has 8 nitrogen and oxygen atoms in total. The molecular weight excluding hydrogens is 298 g/mol. The number of benzene rings is 1. The highest BCUT2D eigenvalue weighted by molar-refractivity contribution is 5.54. The van der Waals surface area contributed by atoms with Crippen molar-refractivity contribution in [3.63, 3.8) is 0 Å². The van der Waals surface area contributed by atoms with Crippen LogP contribution in [0.1, 0.15) is 31.2 Å². The molecule has 0 fully saturated rings. The highest BCUT2D eigenvalue weighted by Gasteiger charge is 2.13. The van der Waals surface area contributed by atoms with Crippen molar-refractivity contribution in [2.45, 2.75) is 26.3 Å². The van der Waals surface area contributed by atoms with Gasteiger partial charge in [0.1, 0.15) is 12.7 Å². The van der Waals surface area contributed by atoms with Crippen LogP contribution in [0.2, 0.25) is 0 Å². The van der Waals surface area contributed by atoms with Gasteiger partial charge >= 0.3 is 5.82 Å². The van der Waals surface area contributed by atoms with E-state index >= 15 is 0 Å². The summed E-state index contributed by atoms with van der Waals surface area (Å²) >= 11 is 0. The van der Waals surface area contributed by atoms with Gasteiger partial charge in [0.15, 0.2) is 0 Å². The molecule has 3 aromatic rings. The smallest absolute Gasteiger partial charge is 0.358 e. The summed E-state index contributed by atoms with van der Waals surface area (Å²) in [6.07, 6.45) is 2.68. The molecule has 1 aromatic carbocycles. The molecule has 0 aliphatic rings. The molecule has 2 heterocycles. The van der Waals surface area contributed by atoms with Gasteiger partial charge < -0.3 is 19.2 Å². The van der Waals surface area contributed by atoms with Crippen molar-refractivity contribution in [2.24, 2.45) is 0 Å². The molecule has 0 aliphatic heterocycles. The van der Waals surface area contributed by atoms with Gasteiger partial charge in [-0.25, -0.2) is 0 Å². The fourth-order valence-electron chi connectivity index (χ4n) is 2.14. The van der Waals surface area contributed by atoms with E-state index in [1.165, 1.54) is 22.7 Å². The Morgan fingerprint density at radius 1 is 1.30 bits per heavy atom. The van der Waals surface area contributed by atoms with Gasteiger partial charge in [-0.1, -0.05) is 43.3 Å². The fourth-order valence-corrected chi connectivity index (χ4v) is 2.14. The summed E-state index contributed by atoms with van der Waals surface area (Å²) < 4.78 is 6.72. The Balaban J connectivity index is 1.75. The highest BCUT2D eigenvalue weighted by atomic mass is 16.6. The average Bonchev–Trinajstić information content (AvgIpc) is 3.17. The molecule has 0 saturated carbocycles. The molecule has 0 atom stereocenters. The lowest BCUT2D eigenvalue weighted by molar-refractivity contribution is -0.389. The lowest BCUT2D eigenvalue weighted by Crippen LogP contribution is -1.96. The van der Waals surface area contributed by atoms with Gasteiger partial charge in [0, 0.05) is 5.56 Å². The largest absolute Gasteiger partial charge is 0.381 e. The molecule has 0 spiro atoms. The van der Waals surface area contributed by atoms with Gasteiger partial charge in [-0.3, -0.25) is 0 Å². The van der Waals surface area contributed by atoms with Crippen molar-refractivity contribution in [2.75, 3.05) is 0 Å². The Labute approximate surface area is 131 Å². The van der Waals surface area contributed by atoms with E-state index in [4.69, 9.17) is 4.52 Å². The van der Waals surface area contributed by atoms with Crippen LogP contribution in [0.4, 0.5) is 5.82 Å². The summed E-state index contributed by atoms with van der Waals surface area (Å²) in [6, 6.07) is 7.97. The summed E-state index contributed by atoms with van der Waals surface area (Å²) in [6.45, 7) is 4.50. The Bertz CT molecular complexity index is 820. The number of aromatic nitrogens is 4. The molecular formula is C15H15N5O3. The van der Waals surface area contributed by atoms with Crippen LogP contribution < -0.4 is 0 Å². The van der Waals surface area contributed by atoms with Crippen LogP contribution in [-0.4, -0.2) is 24.6 Å². The third-order valence-electron chi connectivity index (χ3n) is 3.43. The van der Waals surface area contributed by atoms with E-state index in [2.05, 4.69) is 29.0 Å². The zero-order chi connectivity index (χ0) is 16.4. The molecule has 2 aromatic heterocycles. The molecule has 23 heavy (non-hydrogen) atoms. The first-order chi connectivity index (χ1) is 11.0. The number of rotatable bonds is 5. The Morgan fingerprint density at radius 2 is 2.04 bits per heavy atom. The summed E-state index contributed by atoms with van der Waals surface area (Å²) in [5, 5.41) is 14.6. The monoisotopic (exact) mass is 313 g/mol. The van der Waals surface area contributed by atoms with E-state index in [1.807, 2.05) is 24.3 Å². The molecule has 0 radical (unpaired) electrons. The molecule has 8 heteroatoms. The van der Waals surface area contributed by atoms with Crippen LogP contribution in [0, 0.1) is 10.1 Å². The maximum absolute atomic E-state index is 10.6. The van der Waals surface area contributed by atoms with Gasteiger partial charge in [0.25, 0.3) is 0 Å². The molecule has 3 rings (SSSR count). The molecule has 118 valence electrons. The van der Waals surface area contributed by atoms with Gasteiger partial charge in [0.05, 0.1) is 0 Å². The molecule has 0 bridgehead atoms. The summed E-state index contributed by atoms with van der Waals surface area (Å²) in [5.74, 6) is 1.10.